The molecule has 0 amide bonds. The minimum absolute atomic E-state index is 0.709. The molecule has 9 heteroatoms. The molecule has 0 bridgehead atoms. The van der Waals surface area contributed by atoms with E-state index in [9.17, 15) is 20.2 Å². The highest BCUT2D eigenvalue weighted by Crippen LogP contribution is 2.34. The van der Waals surface area contributed by atoms with Gasteiger partial charge >= 0.3 is 11.4 Å². The highest BCUT2D eigenvalue weighted by atomic mass is 16.6. The zero-order valence-corrected chi connectivity index (χ0v) is 7.36. The lowest BCUT2D eigenvalue weighted by atomic mass is 10.2. The van der Waals surface area contributed by atoms with Crippen LogP contribution in [0.15, 0.2) is 18.2 Å². The molecule has 0 heterocycles. The number of phenols is 1. The summed E-state index contributed by atoms with van der Waals surface area (Å²) in [7, 11) is 0. The quantitative estimate of drug-likeness (QED) is 0.357. The lowest BCUT2D eigenvalue weighted by molar-refractivity contribution is -0.423. The summed E-state index contributed by atoms with van der Waals surface area (Å²) in [5.74, 6) is 7.29. The van der Waals surface area contributed by atoms with Crippen molar-refractivity contribution < 1.29 is 15.0 Å². The van der Waals surface area contributed by atoms with Crippen LogP contribution in [0.2, 0.25) is 0 Å². The molecule has 9 nitrogen and oxygen atoms in total. The van der Waals surface area contributed by atoms with E-state index in [2.05, 4.69) is 11.7 Å². The number of hydrazine groups is 1. The monoisotopic (exact) mass is 216 g/mol. The minimum Gasteiger partial charge on any atom is -0.502 e. The Kier molecular flexibility index (Phi) is 4.64. The maximum atomic E-state index is 10.3. The van der Waals surface area contributed by atoms with Gasteiger partial charge in [-0.05, 0) is 6.07 Å². The summed E-state index contributed by atoms with van der Waals surface area (Å²) in [5, 5.41) is 29.5. The predicted octanol–water partition coefficient (Wildman–Crippen LogP) is 0.0274. The topological polar surface area (TPSA) is 159 Å². The lowest BCUT2D eigenvalue weighted by Gasteiger charge is -1.95. The van der Waals surface area contributed by atoms with Crippen LogP contribution in [-0.4, -0.2) is 15.0 Å². The van der Waals surface area contributed by atoms with Gasteiger partial charge in [-0.2, -0.15) is 0 Å². The number of nitrogens with zero attached hydrogens (tertiary/aromatic N) is 2. The maximum Gasteiger partial charge on any atom is 0.387 e. The van der Waals surface area contributed by atoms with Gasteiger partial charge in [0.05, 0.1) is 9.85 Å². The van der Waals surface area contributed by atoms with E-state index in [0.29, 0.717) is 0 Å². The molecule has 5 N–H and O–H groups in total. The van der Waals surface area contributed by atoms with Gasteiger partial charge in [0.25, 0.3) is 0 Å². The summed E-state index contributed by atoms with van der Waals surface area (Å²) < 4.78 is 0. The van der Waals surface area contributed by atoms with Crippen molar-refractivity contribution in [3.05, 3.63) is 38.4 Å². The van der Waals surface area contributed by atoms with Crippen molar-refractivity contribution in [1.29, 1.82) is 0 Å². The normalized spacial score (nSPS) is 8.67. The molecule has 0 unspecified atom stereocenters. The molecule has 1 aromatic rings. The molecule has 0 saturated heterocycles. The number of hydrogen-bond acceptors (Lipinski definition) is 7. The molecule has 0 radical (unpaired) electrons. The van der Waals surface area contributed by atoms with Crippen molar-refractivity contribution >= 4 is 11.4 Å². The number of nitro benzene ring substituents is 2. The Labute approximate surface area is 83.2 Å². The van der Waals surface area contributed by atoms with Gasteiger partial charge < -0.3 is 5.11 Å². The fraction of sp³-hybridized carbons (Fsp3) is 0. The number of nitrogens with two attached hydrogens (primary N) is 2. The number of benzene rings is 1. The number of hydrogen-bond donors (Lipinski definition) is 3. The summed E-state index contributed by atoms with van der Waals surface area (Å²) in [5.41, 5.74) is -1.60. The van der Waals surface area contributed by atoms with Gasteiger partial charge in [-0.25, -0.2) is 0 Å². The second-order valence-corrected chi connectivity index (χ2v) is 2.16. The van der Waals surface area contributed by atoms with Crippen molar-refractivity contribution in [2.24, 2.45) is 11.7 Å². The summed E-state index contributed by atoms with van der Waals surface area (Å²) in [4.78, 5) is 18.6. The first-order valence-corrected chi connectivity index (χ1v) is 3.48. The van der Waals surface area contributed by atoms with E-state index in [0.717, 1.165) is 12.1 Å². The molecule has 15 heavy (non-hydrogen) atoms. The molecule has 1 rings (SSSR count). The molecule has 0 fully saturated rings. The van der Waals surface area contributed by atoms with Crippen molar-refractivity contribution in [3.63, 3.8) is 0 Å². The smallest absolute Gasteiger partial charge is 0.387 e. The van der Waals surface area contributed by atoms with E-state index < -0.39 is 27.0 Å². The first-order chi connectivity index (χ1) is 7.04. The van der Waals surface area contributed by atoms with E-state index in [1.54, 1.807) is 0 Å². The highest BCUT2D eigenvalue weighted by Gasteiger charge is 2.27. The second kappa shape index (κ2) is 5.47. The zero-order valence-electron chi connectivity index (χ0n) is 7.36. The van der Waals surface area contributed by atoms with Gasteiger partial charge in [-0.3, -0.25) is 31.9 Å². The van der Waals surface area contributed by atoms with Gasteiger partial charge in [-0.15, -0.1) is 0 Å². The SMILES string of the molecule is NN.O=[N+]([O-])c1cccc(O)c1[N+](=O)[O-]. The van der Waals surface area contributed by atoms with Crippen LogP contribution in [-0.2, 0) is 0 Å². The summed E-state index contributed by atoms with van der Waals surface area (Å²) in [6.45, 7) is 0. The third-order valence-corrected chi connectivity index (χ3v) is 1.37. The second-order valence-electron chi connectivity index (χ2n) is 2.16. The van der Waals surface area contributed by atoms with E-state index in [-0.39, 0.29) is 0 Å². The Morgan fingerprint density at radius 3 is 2.00 bits per heavy atom. The molecule has 1 aromatic carbocycles. The van der Waals surface area contributed by atoms with Crippen LogP contribution in [0.3, 0.4) is 0 Å². The Hall–Kier alpha value is -2.26. The van der Waals surface area contributed by atoms with Gasteiger partial charge in [0, 0.05) is 6.07 Å². The fourth-order valence-electron chi connectivity index (χ4n) is 0.854. The molecular weight excluding hydrogens is 208 g/mol. The van der Waals surface area contributed by atoms with Gasteiger partial charge in [0.1, 0.15) is 0 Å². The molecule has 82 valence electrons. The average Bonchev–Trinajstić information content (AvgIpc) is 2.19. The number of phenolic OH excluding ortho intramolecular Hbond substituents is 1. The minimum atomic E-state index is -0.993. The van der Waals surface area contributed by atoms with Crippen LogP contribution in [0.25, 0.3) is 0 Å². The number of para-hydroxylation sites is 1. The summed E-state index contributed by atoms with van der Waals surface area (Å²) in [6.07, 6.45) is 0. The Balaban J connectivity index is 0.000000921. The number of aromatic hydroxyl groups is 1. The van der Waals surface area contributed by atoms with Crippen molar-refractivity contribution in [3.8, 4) is 5.75 Å². The Morgan fingerprint density at radius 1 is 1.13 bits per heavy atom. The zero-order chi connectivity index (χ0) is 12.0. The van der Waals surface area contributed by atoms with Crippen molar-refractivity contribution in [2.45, 2.75) is 0 Å². The van der Waals surface area contributed by atoms with Crippen LogP contribution in [0.1, 0.15) is 0 Å². The summed E-state index contributed by atoms with van der Waals surface area (Å²) in [6, 6.07) is 3.14. The van der Waals surface area contributed by atoms with E-state index >= 15 is 0 Å². The molecule has 0 atom stereocenters. The predicted molar refractivity (Wildman–Crippen MR) is 49.8 cm³/mol. The van der Waals surface area contributed by atoms with Crippen LogP contribution < -0.4 is 11.7 Å². The van der Waals surface area contributed by atoms with E-state index in [4.69, 9.17) is 5.11 Å². The number of rotatable bonds is 2. The van der Waals surface area contributed by atoms with Crippen LogP contribution >= 0.6 is 0 Å². The third-order valence-electron chi connectivity index (χ3n) is 1.37. The highest BCUT2D eigenvalue weighted by molar-refractivity contribution is 5.60. The van der Waals surface area contributed by atoms with Crippen LogP contribution in [0.5, 0.6) is 5.75 Å². The van der Waals surface area contributed by atoms with Crippen molar-refractivity contribution in [2.75, 3.05) is 0 Å². The Morgan fingerprint density at radius 2 is 1.67 bits per heavy atom. The molecule has 0 aliphatic carbocycles. The van der Waals surface area contributed by atoms with Gasteiger partial charge in [0.15, 0.2) is 0 Å². The van der Waals surface area contributed by atoms with Crippen LogP contribution in [0.4, 0.5) is 11.4 Å². The molecular formula is C6H8N4O5. The van der Waals surface area contributed by atoms with Gasteiger partial charge in [-0.1, -0.05) is 6.07 Å². The van der Waals surface area contributed by atoms with E-state index in [1.807, 2.05) is 0 Å². The first-order valence-electron chi connectivity index (χ1n) is 3.48. The largest absolute Gasteiger partial charge is 0.502 e. The molecule has 0 saturated carbocycles. The summed E-state index contributed by atoms with van der Waals surface area (Å²) >= 11 is 0. The maximum absolute atomic E-state index is 10.3. The first kappa shape index (κ1) is 12.7. The number of nitro groups is 2. The average molecular weight is 216 g/mol. The molecule has 0 aromatic heterocycles. The van der Waals surface area contributed by atoms with E-state index in [1.165, 1.54) is 6.07 Å². The Bertz CT molecular complexity index is 380. The molecule has 0 spiro atoms. The molecule has 0 aliphatic rings. The third kappa shape index (κ3) is 2.86. The standard InChI is InChI=1S/C6H4N2O5.H4N2/c9-5-3-1-2-4(7(10)11)6(5)8(12)13;1-2/h1-3,9H;1-2H2. The lowest BCUT2D eigenvalue weighted by Crippen LogP contribution is -2.02. The molecule has 0 aliphatic heterocycles. The van der Waals surface area contributed by atoms with Gasteiger partial charge in [0.2, 0.25) is 5.75 Å². The van der Waals surface area contributed by atoms with Crippen LogP contribution in [0, 0.1) is 20.2 Å². The fourth-order valence-corrected chi connectivity index (χ4v) is 0.854. The van der Waals surface area contributed by atoms with Crippen molar-refractivity contribution in [1.82, 2.24) is 0 Å².